The van der Waals surface area contributed by atoms with Gasteiger partial charge in [0.05, 0.1) is 10.7 Å². The zero-order chi connectivity index (χ0) is 14.5. The molecule has 0 atom stereocenters. The predicted molar refractivity (Wildman–Crippen MR) is 83.8 cm³/mol. The van der Waals surface area contributed by atoms with Crippen molar-refractivity contribution in [2.75, 3.05) is 18.5 Å². The van der Waals surface area contributed by atoms with Crippen LogP contribution in [0.25, 0.3) is 0 Å². The van der Waals surface area contributed by atoms with Crippen LogP contribution < -0.4 is 10.6 Å². The molecule has 4 nitrogen and oxygen atoms in total. The van der Waals surface area contributed by atoms with Crippen molar-refractivity contribution in [2.45, 2.75) is 32.1 Å². The van der Waals surface area contributed by atoms with Crippen molar-refractivity contribution in [3.05, 3.63) is 28.8 Å². The van der Waals surface area contributed by atoms with Gasteiger partial charge in [-0.3, -0.25) is 0 Å². The SMILES string of the molecule is CN(CC1CCCCC1)c1ccc(C(N)=NO)cc1Cl. The summed E-state index contributed by atoms with van der Waals surface area (Å²) in [5.41, 5.74) is 7.19. The average molecular weight is 296 g/mol. The Morgan fingerprint density at radius 2 is 2.10 bits per heavy atom. The molecule has 0 amide bonds. The molecule has 0 unspecified atom stereocenters. The third-order valence-corrected chi connectivity index (χ3v) is 4.32. The van der Waals surface area contributed by atoms with Crippen LogP contribution in [-0.2, 0) is 0 Å². The lowest BCUT2D eigenvalue weighted by molar-refractivity contribution is 0.318. The van der Waals surface area contributed by atoms with Gasteiger partial charge in [-0.25, -0.2) is 0 Å². The molecule has 0 saturated heterocycles. The van der Waals surface area contributed by atoms with E-state index in [1.807, 2.05) is 12.1 Å². The van der Waals surface area contributed by atoms with E-state index in [0.29, 0.717) is 10.6 Å². The Hall–Kier alpha value is -1.42. The zero-order valence-electron chi connectivity index (χ0n) is 11.8. The second kappa shape index (κ2) is 6.84. The first-order chi connectivity index (χ1) is 9.61. The van der Waals surface area contributed by atoms with E-state index in [1.54, 1.807) is 6.07 Å². The Labute approximate surface area is 125 Å². The number of benzene rings is 1. The van der Waals surface area contributed by atoms with Crippen LogP contribution in [-0.4, -0.2) is 24.6 Å². The Kier molecular flexibility index (Phi) is 5.12. The summed E-state index contributed by atoms with van der Waals surface area (Å²) in [5, 5.41) is 12.3. The van der Waals surface area contributed by atoms with Gasteiger partial charge < -0.3 is 15.8 Å². The predicted octanol–water partition coefficient (Wildman–Crippen LogP) is 3.45. The molecule has 1 aliphatic carbocycles. The van der Waals surface area contributed by atoms with E-state index in [1.165, 1.54) is 32.1 Å². The molecule has 1 aliphatic rings. The molecule has 0 aliphatic heterocycles. The molecule has 2 rings (SSSR count). The number of nitrogens with two attached hydrogens (primary N) is 1. The second-order valence-corrected chi connectivity index (χ2v) is 5.94. The summed E-state index contributed by atoms with van der Waals surface area (Å²) in [6.07, 6.45) is 6.67. The highest BCUT2D eigenvalue weighted by Gasteiger charge is 2.17. The molecule has 5 heteroatoms. The highest BCUT2D eigenvalue weighted by molar-refractivity contribution is 6.33. The first-order valence-corrected chi connectivity index (χ1v) is 7.48. The highest BCUT2D eigenvalue weighted by Crippen LogP contribution is 2.30. The van der Waals surface area contributed by atoms with E-state index < -0.39 is 0 Å². The van der Waals surface area contributed by atoms with Gasteiger partial charge in [-0.2, -0.15) is 0 Å². The molecule has 1 fully saturated rings. The third-order valence-electron chi connectivity index (χ3n) is 4.02. The third kappa shape index (κ3) is 3.57. The summed E-state index contributed by atoms with van der Waals surface area (Å²) in [5.74, 6) is 0.835. The second-order valence-electron chi connectivity index (χ2n) is 5.54. The van der Waals surface area contributed by atoms with Gasteiger partial charge in [-0.1, -0.05) is 36.0 Å². The number of hydrogen-bond acceptors (Lipinski definition) is 3. The number of rotatable bonds is 4. The minimum atomic E-state index is 0.0772. The minimum Gasteiger partial charge on any atom is -0.409 e. The first kappa shape index (κ1) is 15.0. The number of amidine groups is 1. The summed E-state index contributed by atoms with van der Waals surface area (Å²) >= 11 is 6.31. The Bertz CT molecular complexity index is 484. The maximum absolute atomic E-state index is 8.68. The van der Waals surface area contributed by atoms with E-state index in [2.05, 4.69) is 17.1 Å². The number of nitrogens with zero attached hydrogens (tertiary/aromatic N) is 2. The fourth-order valence-corrected chi connectivity index (χ4v) is 3.21. The van der Waals surface area contributed by atoms with Gasteiger partial charge in [-0.15, -0.1) is 0 Å². The van der Waals surface area contributed by atoms with Crippen molar-refractivity contribution in [3.8, 4) is 0 Å². The van der Waals surface area contributed by atoms with Crippen LogP contribution in [0.1, 0.15) is 37.7 Å². The fourth-order valence-electron chi connectivity index (χ4n) is 2.89. The highest BCUT2D eigenvalue weighted by atomic mass is 35.5. The van der Waals surface area contributed by atoms with Crippen LogP contribution in [0.3, 0.4) is 0 Å². The molecule has 1 aromatic carbocycles. The van der Waals surface area contributed by atoms with Crippen molar-refractivity contribution in [2.24, 2.45) is 16.8 Å². The summed E-state index contributed by atoms with van der Waals surface area (Å²) < 4.78 is 0. The number of anilines is 1. The molecule has 1 saturated carbocycles. The van der Waals surface area contributed by atoms with Crippen LogP contribution >= 0.6 is 11.6 Å². The smallest absolute Gasteiger partial charge is 0.170 e. The summed E-state index contributed by atoms with van der Waals surface area (Å²) in [4.78, 5) is 2.20. The van der Waals surface area contributed by atoms with E-state index >= 15 is 0 Å². The molecule has 0 aromatic heterocycles. The van der Waals surface area contributed by atoms with Gasteiger partial charge >= 0.3 is 0 Å². The molecule has 20 heavy (non-hydrogen) atoms. The van der Waals surface area contributed by atoms with E-state index in [-0.39, 0.29) is 5.84 Å². The molecule has 0 heterocycles. The molecule has 0 spiro atoms. The van der Waals surface area contributed by atoms with Gasteiger partial charge in [0.1, 0.15) is 0 Å². The van der Waals surface area contributed by atoms with Crippen LogP contribution in [0.5, 0.6) is 0 Å². The Morgan fingerprint density at radius 3 is 2.70 bits per heavy atom. The first-order valence-electron chi connectivity index (χ1n) is 7.10. The maximum Gasteiger partial charge on any atom is 0.170 e. The van der Waals surface area contributed by atoms with Crippen molar-refractivity contribution >= 4 is 23.1 Å². The Balaban J connectivity index is 2.07. The van der Waals surface area contributed by atoms with Crippen LogP contribution in [0, 0.1) is 5.92 Å². The molecule has 1 aromatic rings. The van der Waals surface area contributed by atoms with Gasteiger partial charge in [0.25, 0.3) is 0 Å². The van der Waals surface area contributed by atoms with Gasteiger partial charge in [0.15, 0.2) is 5.84 Å². The van der Waals surface area contributed by atoms with Crippen LogP contribution in [0.15, 0.2) is 23.4 Å². The minimum absolute atomic E-state index is 0.0772. The normalized spacial score (nSPS) is 17.2. The van der Waals surface area contributed by atoms with Gasteiger partial charge in [0, 0.05) is 19.2 Å². The van der Waals surface area contributed by atoms with Crippen molar-refractivity contribution in [1.29, 1.82) is 0 Å². The summed E-state index contributed by atoms with van der Waals surface area (Å²) in [6.45, 7) is 1.03. The average Bonchev–Trinajstić information content (AvgIpc) is 2.47. The largest absolute Gasteiger partial charge is 0.409 e. The van der Waals surface area contributed by atoms with Crippen molar-refractivity contribution in [3.63, 3.8) is 0 Å². The molecule has 3 N–H and O–H groups in total. The quantitative estimate of drug-likeness (QED) is 0.387. The lowest BCUT2D eigenvalue weighted by Crippen LogP contribution is -2.27. The zero-order valence-corrected chi connectivity index (χ0v) is 12.6. The lowest BCUT2D eigenvalue weighted by atomic mass is 9.89. The van der Waals surface area contributed by atoms with Crippen molar-refractivity contribution in [1.82, 2.24) is 0 Å². The Morgan fingerprint density at radius 1 is 1.40 bits per heavy atom. The molecule has 110 valence electrons. The molecular weight excluding hydrogens is 274 g/mol. The topological polar surface area (TPSA) is 61.8 Å². The summed E-state index contributed by atoms with van der Waals surface area (Å²) in [6, 6.07) is 5.50. The number of halogens is 1. The van der Waals surface area contributed by atoms with E-state index in [0.717, 1.165) is 18.2 Å². The van der Waals surface area contributed by atoms with Crippen LogP contribution in [0.4, 0.5) is 5.69 Å². The lowest BCUT2D eigenvalue weighted by Gasteiger charge is -2.29. The molecule has 0 radical (unpaired) electrons. The van der Waals surface area contributed by atoms with E-state index in [4.69, 9.17) is 22.5 Å². The molecular formula is C15H22ClN3O. The van der Waals surface area contributed by atoms with Crippen LogP contribution in [0.2, 0.25) is 5.02 Å². The maximum atomic E-state index is 8.68. The number of oxime groups is 1. The monoisotopic (exact) mass is 295 g/mol. The fraction of sp³-hybridized carbons (Fsp3) is 0.533. The summed E-state index contributed by atoms with van der Waals surface area (Å²) in [7, 11) is 2.07. The van der Waals surface area contributed by atoms with Gasteiger partial charge in [-0.05, 0) is 37.0 Å². The number of hydrogen-bond donors (Lipinski definition) is 2. The van der Waals surface area contributed by atoms with E-state index in [9.17, 15) is 0 Å². The standard InChI is InChI=1S/C15H22ClN3O/c1-19(10-11-5-3-2-4-6-11)14-8-7-12(9-13(14)16)15(17)18-20/h7-9,11,20H,2-6,10H2,1H3,(H2,17,18). The molecule has 0 bridgehead atoms. The van der Waals surface area contributed by atoms with Gasteiger partial charge in [0.2, 0.25) is 0 Å². The van der Waals surface area contributed by atoms with Crippen molar-refractivity contribution < 1.29 is 5.21 Å².